The van der Waals surface area contributed by atoms with Gasteiger partial charge in [0.1, 0.15) is 5.69 Å². The van der Waals surface area contributed by atoms with Gasteiger partial charge in [-0.1, -0.05) is 5.16 Å². The highest BCUT2D eigenvalue weighted by atomic mass is 16.6. The Bertz CT molecular complexity index is 290. The molecule has 5 nitrogen and oxygen atoms in total. The number of carbonyl (C=O) groups is 1. The third kappa shape index (κ3) is 0.978. The second-order valence-electron chi connectivity index (χ2n) is 2.49. The zero-order valence-corrected chi connectivity index (χ0v) is 6.07. The first kappa shape index (κ1) is 6.33. The molecule has 11 heavy (non-hydrogen) atoms. The predicted molar refractivity (Wildman–Crippen MR) is 34.9 cm³/mol. The normalized spacial score (nSPS) is 15.2. The minimum absolute atomic E-state index is 0.0799. The fourth-order valence-electron chi connectivity index (χ4n) is 0.828. The second-order valence-corrected chi connectivity index (χ2v) is 2.49. The van der Waals surface area contributed by atoms with Crippen molar-refractivity contribution in [2.45, 2.75) is 6.92 Å². The van der Waals surface area contributed by atoms with Gasteiger partial charge >= 0.3 is 0 Å². The predicted octanol–water partition coefficient (Wildman–Crippen LogP) is -0.166. The molecule has 5 heteroatoms. The van der Waals surface area contributed by atoms with E-state index in [9.17, 15) is 4.79 Å². The molecule has 1 amide bonds. The lowest BCUT2D eigenvalue weighted by atomic mass is 10.3. The number of aromatic nitrogens is 2. The largest absolute Gasteiger partial charge is 0.334 e. The number of hydrogen-bond acceptors (Lipinski definition) is 4. The molecule has 0 N–H and O–H groups in total. The third-order valence-corrected chi connectivity index (χ3v) is 1.59. The van der Waals surface area contributed by atoms with E-state index in [-0.39, 0.29) is 5.91 Å². The van der Waals surface area contributed by atoms with E-state index in [2.05, 4.69) is 14.9 Å². The van der Waals surface area contributed by atoms with Crippen LogP contribution in [0.2, 0.25) is 0 Å². The molecule has 0 aliphatic carbocycles. The van der Waals surface area contributed by atoms with E-state index in [1.54, 1.807) is 11.8 Å². The molecule has 1 aliphatic rings. The number of aryl methyl sites for hydroxylation is 1. The maximum absolute atomic E-state index is 11.3. The first-order valence-electron chi connectivity index (χ1n) is 3.37. The molecule has 0 aromatic carbocycles. The summed E-state index contributed by atoms with van der Waals surface area (Å²) in [6.07, 6.45) is 0. The van der Waals surface area contributed by atoms with E-state index in [0.717, 1.165) is 13.1 Å². The Kier molecular flexibility index (Phi) is 1.18. The van der Waals surface area contributed by atoms with Crippen LogP contribution >= 0.6 is 0 Å². The molecule has 0 atom stereocenters. The Balaban J connectivity index is 2.27. The van der Waals surface area contributed by atoms with E-state index < -0.39 is 0 Å². The average molecular weight is 153 g/mol. The molecule has 0 radical (unpaired) electrons. The van der Waals surface area contributed by atoms with Crippen LogP contribution in [0.3, 0.4) is 0 Å². The lowest BCUT2D eigenvalue weighted by Crippen LogP contribution is -2.12. The van der Waals surface area contributed by atoms with Gasteiger partial charge in [0.15, 0.2) is 5.69 Å². The van der Waals surface area contributed by atoms with Crippen LogP contribution in [0.4, 0.5) is 0 Å². The summed E-state index contributed by atoms with van der Waals surface area (Å²) in [6, 6.07) is 0. The molecular formula is C6H7N3O2. The van der Waals surface area contributed by atoms with E-state index in [0.29, 0.717) is 11.4 Å². The van der Waals surface area contributed by atoms with Crippen LogP contribution in [0.15, 0.2) is 4.63 Å². The van der Waals surface area contributed by atoms with Gasteiger partial charge in [0.05, 0.1) is 0 Å². The zero-order valence-electron chi connectivity index (χ0n) is 6.07. The summed E-state index contributed by atoms with van der Waals surface area (Å²) in [5, 5.41) is 7.01. The molecular weight excluding hydrogens is 146 g/mol. The fourth-order valence-corrected chi connectivity index (χ4v) is 0.828. The van der Waals surface area contributed by atoms with Gasteiger partial charge in [-0.05, 0) is 12.1 Å². The van der Waals surface area contributed by atoms with Gasteiger partial charge in [-0.25, -0.2) is 4.63 Å². The number of hydrogen-bond donors (Lipinski definition) is 0. The Morgan fingerprint density at radius 3 is 2.73 bits per heavy atom. The Labute approximate surface area is 62.9 Å². The van der Waals surface area contributed by atoms with Crippen molar-refractivity contribution in [3.63, 3.8) is 0 Å². The van der Waals surface area contributed by atoms with Crippen molar-refractivity contribution in [2.24, 2.45) is 0 Å². The quantitative estimate of drug-likeness (QED) is 0.526. The molecule has 2 heterocycles. The summed E-state index contributed by atoms with van der Waals surface area (Å²) in [7, 11) is 0. The minimum Gasteiger partial charge on any atom is -0.334 e. The van der Waals surface area contributed by atoms with Crippen LogP contribution in [0, 0.1) is 6.92 Å². The highest BCUT2D eigenvalue weighted by Gasteiger charge is 2.29. The summed E-state index contributed by atoms with van der Waals surface area (Å²) < 4.78 is 4.40. The first-order valence-corrected chi connectivity index (χ1v) is 3.37. The maximum Gasteiger partial charge on any atom is 0.278 e. The average Bonchev–Trinajstić information content (AvgIpc) is 2.74. The Hall–Kier alpha value is -1.39. The van der Waals surface area contributed by atoms with Crippen molar-refractivity contribution < 1.29 is 9.42 Å². The summed E-state index contributed by atoms with van der Waals surface area (Å²) >= 11 is 0. The van der Waals surface area contributed by atoms with E-state index in [4.69, 9.17) is 0 Å². The van der Waals surface area contributed by atoms with Crippen LogP contribution < -0.4 is 0 Å². The van der Waals surface area contributed by atoms with Gasteiger partial charge in [-0.2, -0.15) is 0 Å². The topological polar surface area (TPSA) is 59.0 Å². The van der Waals surface area contributed by atoms with Crippen molar-refractivity contribution in [2.75, 3.05) is 13.1 Å². The monoisotopic (exact) mass is 153 g/mol. The maximum atomic E-state index is 11.3. The molecule has 1 aromatic heterocycles. The van der Waals surface area contributed by atoms with Crippen LogP contribution in [0.25, 0.3) is 0 Å². The molecule has 0 unspecified atom stereocenters. The van der Waals surface area contributed by atoms with Crippen LogP contribution in [0.1, 0.15) is 16.2 Å². The minimum atomic E-state index is -0.0799. The van der Waals surface area contributed by atoms with Gasteiger partial charge < -0.3 is 4.90 Å². The third-order valence-electron chi connectivity index (χ3n) is 1.59. The highest BCUT2D eigenvalue weighted by Crippen LogP contribution is 2.11. The van der Waals surface area contributed by atoms with Gasteiger partial charge in [-0.3, -0.25) is 4.79 Å². The van der Waals surface area contributed by atoms with Crippen molar-refractivity contribution in [3.05, 3.63) is 11.4 Å². The molecule has 1 aromatic rings. The van der Waals surface area contributed by atoms with E-state index in [1.807, 2.05) is 0 Å². The Morgan fingerprint density at radius 2 is 2.27 bits per heavy atom. The number of amides is 1. The standard InChI is InChI=1S/C6H7N3O2/c1-4-5(8-11-7-4)6(10)9-2-3-9/h2-3H2,1H3. The van der Waals surface area contributed by atoms with Crippen molar-refractivity contribution in [1.82, 2.24) is 15.2 Å². The second kappa shape index (κ2) is 2.05. The fraction of sp³-hybridized carbons (Fsp3) is 0.500. The highest BCUT2D eigenvalue weighted by molar-refractivity contribution is 5.94. The SMILES string of the molecule is Cc1nonc1C(=O)N1CC1. The van der Waals surface area contributed by atoms with Gasteiger partial charge in [-0.15, -0.1) is 0 Å². The lowest BCUT2D eigenvalue weighted by Gasteiger charge is -1.93. The number of rotatable bonds is 1. The zero-order chi connectivity index (χ0) is 7.84. The summed E-state index contributed by atoms with van der Waals surface area (Å²) in [6.45, 7) is 3.35. The van der Waals surface area contributed by atoms with Gasteiger partial charge in [0.25, 0.3) is 5.91 Å². The number of nitrogens with zero attached hydrogens (tertiary/aromatic N) is 3. The molecule has 1 fully saturated rings. The first-order chi connectivity index (χ1) is 5.29. The summed E-state index contributed by atoms with van der Waals surface area (Å²) in [5.74, 6) is -0.0799. The molecule has 1 aliphatic heterocycles. The Morgan fingerprint density at radius 1 is 1.55 bits per heavy atom. The molecule has 0 saturated carbocycles. The molecule has 0 spiro atoms. The molecule has 1 saturated heterocycles. The van der Waals surface area contributed by atoms with Crippen LogP contribution in [-0.4, -0.2) is 34.2 Å². The van der Waals surface area contributed by atoms with E-state index >= 15 is 0 Å². The van der Waals surface area contributed by atoms with Crippen LogP contribution in [0.5, 0.6) is 0 Å². The lowest BCUT2D eigenvalue weighted by molar-refractivity contribution is 0.0874. The molecule has 2 rings (SSSR count). The van der Waals surface area contributed by atoms with Crippen molar-refractivity contribution >= 4 is 5.91 Å². The van der Waals surface area contributed by atoms with Gasteiger partial charge in [0, 0.05) is 13.1 Å². The van der Waals surface area contributed by atoms with Gasteiger partial charge in [0.2, 0.25) is 0 Å². The van der Waals surface area contributed by atoms with Crippen molar-refractivity contribution in [1.29, 1.82) is 0 Å². The number of carbonyl (C=O) groups excluding carboxylic acids is 1. The van der Waals surface area contributed by atoms with Crippen LogP contribution in [-0.2, 0) is 0 Å². The summed E-state index contributed by atoms with van der Waals surface area (Å²) in [5.41, 5.74) is 0.893. The van der Waals surface area contributed by atoms with Crippen molar-refractivity contribution in [3.8, 4) is 0 Å². The molecule has 0 bridgehead atoms. The van der Waals surface area contributed by atoms with E-state index in [1.165, 1.54) is 0 Å². The smallest absolute Gasteiger partial charge is 0.278 e. The molecule has 58 valence electrons. The summed E-state index contributed by atoms with van der Waals surface area (Å²) in [4.78, 5) is 12.9.